The maximum absolute atomic E-state index is 12.2. The van der Waals surface area contributed by atoms with Crippen LogP contribution in [0, 0.1) is 11.3 Å². The molecule has 0 saturated heterocycles. The monoisotopic (exact) mass is 378 g/mol. The fraction of sp³-hybridized carbons (Fsp3) is 0.190. The van der Waals surface area contributed by atoms with Crippen molar-refractivity contribution in [1.29, 1.82) is 5.26 Å². The van der Waals surface area contributed by atoms with Gasteiger partial charge in [0.05, 0.1) is 17.0 Å². The first-order valence-electron chi connectivity index (χ1n) is 8.53. The smallest absolute Gasteiger partial charge is 0.336 e. The van der Waals surface area contributed by atoms with Crippen molar-refractivity contribution in [3.63, 3.8) is 0 Å². The Hall–Kier alpha value is -3.04. The molecule has 136 valence electrons. The second kappa shape index (κ2) is 8.56. The summed E-state index contributed by atoms with van der Waals surface area (Å²) in [4.78, 5) is 24.0. The maximum Gasteiger partial charge on any atom is 0.336 e. The zero-order valence-corrected chi connectivity index (χ0v) is 15.6. The largest absolute Gasteiger partial charge is 0.423 e. The van der Waals surface area contributed by atoms with E-state index in [0.29, 0.717) is 22.6 Å². The number of aryl methyl sites for hydroxylation is 1. The number of nitriles is 1. The highest BCUT2D eigenvalue weighted by atomic mass is 32.2. The highest BCUT2D eigenvalue weighted by Gasteiger charge is 2.10. The topological polar surface area (TPSA) is 83.1 Å². The molecule has 1 aromatic heterocycles. The lowest BCUT2D eigenvalue weighted by molar-refractivity contribution is -0.113. The number of carbonyl (C=O) groups is 1. The number of amides is 1. The van der Waals surface area contributed by atoms with Crippen molar-refractivity contribution in [2.24, 2.45) is 0 Å². The average molecular weight is 378 g/mol. The Labute approximate surface area is 161 Å². The van der Waals surface area contributed by atoms with Crippen LogP contribution in [0.15, 0.2) is 57.7 Å². The lowest BCUT2D eigenvalue weighted by Gasteiger charge is -2.08. The summed E-state index contributed by atoms with van der Waals surface area (Å²) < 4.78 is 5.30. The van der Waals surface area contributed by atoms with Crippen LogP contribution in [0.2, 0.25) is 0 Å². The van der Waals surface area contributed by atoms with Crippen LogP contribution in [0.25, 0.3) is 11.0 Å². The fourth-order valence-electron chi connectivity index (χ4n) is 2.74. The van der Waals surface area contributed by atoms with Crippen LogP contribution < -0.4 is 10.9 Å². The molecule has 1 N–H and O–H groups in total. The number of para-hydroxylation sites is 1. The quantitative estimate of drug-likeness (QED) is 0.653. The third-order valence-corrected chi connectivity index (χ3v) is 5.10. The van der Waals surface area contributed by atoms with Crippen LogP contribution in [0.1, 0.15) is 23.6 Å². The number of fused-ring (bicyclic) bond motifs is 1. The molecule has 0 aliphatic rings. The maximum atomic E-state index is 12.2. The average Bonchev–Trinajstić information content (AvgIpc) is 2.67. The Morgan fingerprint density at radius 3 is 2.81 bits per heavy atom. The molecule has 1 heterocycles. The number of hydrogen-bond donors (Lipinski definition) is 1. The minimum Gasteiger partial charge on any atom is -0.423 e. The Balaban J connectivity index is 1.67. The van der Waals surface area contributed by atoms with Crippen molar-refractivity contribution < 1.29 is 9.21 Å². The summed E-state index contributed by atoms with van der Waals surface area (Å²) in [5.74, 6) is 0.540. The van der Waals surface area contributed by atoms with E-state index in [0.717, 1.165) is 22.9 Å². The van der Waals surface area contributed by atoms with Gasteiger partial charge in [0, 0.05) is 17.2 Å². The number of nitrogens with zero attached hydrogens (tertiary/aromatic N) is 1. The van der Waals surface area contributed by atoms with Gasteiger partial charge in [0.2, 0.25) is 5.91 Å². The molecule has 0 saturated carbocycles. The van der Waals surface area contributed by atoms with E-state index >= 15 is 0 Å². The van der Waals surface area contributed by atoms with Gasteiger partial charge >= 0.3 is 5.63 Å². The first kappa shape index (κ1) is 18.7. The van der Waals surface area contributed by atoms with Crippen LogP contribution in [0.3, 0.4) is 0 Å². The summed E-state index contributed by atoms with van der Waals surface area (Å²) in [6, 6.07) is 16.3. The molecular weight excluding hydrogens is 360 g/mol. The summed E-state index contributed by atoms with van der Waals surface area (Å²) in [5, 5.41) is 12.7. The minimum absolute atomic E-state index is 0.191. The highest BCUT2D eigenvalue weighted by molar-refractivity contribution is 7.99. The van der Waals surface area contributed by atoms with Gasteiger partial charge in [-0.05, 0) is 35.7 Å². The summed E-state index contributed by atoms with van der Waals surface area (Å²) in [7, 11) is 0. The second-order valence-electron chi connectivity index (χ2n) is 5.97. The van der Waals surface area contributed by atoms with Crippen molar-refractivity contribution in [3.05, 3.63) is 75.6 Å². The Kier molecular flexibility index (Phi) is 5.94. The normalized spacial score (nSPS) is 10.5. The Morgan fingerprint density at radius 1 is 1.22 bits per heavy atom. The summed E-state index contributed by atoms with van der Waals surface area (Å²) >= 11 is 1.41. The van der Waals surface area contributed by atoms with Crippen LogP contribution in [-0.2, 0) is 17.0 Å². The fourth-order valence-corrected chi connectivity index (χ4v) is 3.56. The van der Waals surface area contributed by atoms with Gasteiger partial charge in [-0.1, -0.05) is 31.2 Å². The molecule has 0 spiro atoms. The van der Waals surface area contributed by atoms with Crippen molar-refractivity contribution in [2.45, 2.75) is 19.1 Å². The third kappa shape index (κ3) is 4.57. The van der Waals surface area contributed by atoms with Gasteiger partial charge in [0.1, 0.15) is 11.7 Å². The molecule has 0 bridgehead atoms. The molecule has 2 aromatic carbocycles. The lowest BCUT2D eigenvalue weighted by atomic mass is 10.1. The van der Waals surface area contributed by atoms with E-state index < -0.39 is 5.63 Å². The first-order valence-corrected chi connectivity index (χ1v) is 9.68. The van der Waals surface area contributed by atoms with Crippen molar-refractivity contribution in [2.75, 3.05) is 11.1 Å². The molecule has 3 rings (SSSR count). The molecule has 0 atom stereocenters. The van der Waals surface area contributed by atoms with Gasteiger partial charge in [0.15, 0.2) is 0 Å². The molecule has 0 aliphatic heterocycles. The Bertz CT molecular complexity index is 1080. The molecule has 0 fully saturated rings. The van der Waals surface area contributed by atoms with Crippen molar-refractivity contribution >= 4 is 34.3 Å². The third-order valence-electron chi connectivity index (χ3n) is 4.12. The van der Waals surface area contributed by atoms with E-state index in [1.54, 1.807) is 24.3 Å². The lowest BCUT2D eigenvalue weighted by Crippen LogP contribution is -2.15. The predicted octanol–water partition coefficient (Wildman–Crippen LogP) is 4.10. The SMILES string of the molecule is CCc1ccc2c(CSCC(=O)Nc3ccccc3C#N)cc(=O)oc2c1. The van der Waals surface area contributed by atoms with E-state index in [1.165, 1.54) is 17.8 Å². The van der Waals surface area contributed by atoms with E-state index in [1.807, 2.05) is 25.1 Å². The molecule has 6 heteroatoms. The molecular formula is C21H18N2O3S. The van der Waals surface area contributed by atoms with Crippen molar-refractivity contribution in [3.8, 4) is 6.07 Å². The number of carbonyl (C=O) groups excluding carboxylic acids is 1. The van der Waals surface area contributed by atoms with Crippen LogP contribution in [-0.4, -0.2) is 11.7 Å². The number of nitrogens with one attached hydrogen (secondary N) is 1. The first-order chi connectivity index (χ1) is 13.1. The Morgan fingerprint density at radius 2 is 2.04 bits per heavy atom. The highest BCUT2D eigenvalue weighted by Crippen LogP contribution is 2.23. The molecule has 3 aromatic rings. The van der Waals surface area contributed by atoms with Gasteiger partial charge in [-0.15, -0.1) is 11.8 Å². The van der Waals surface area contributed by atoms with Gasteiger partial charge in [-0.3, -0.25) is 4.79 Å². The number of benzene rings is 2. The number of rotatable bonds is 6. The van der Waals surface area contributed by atoms with E-state index in [4.69, 9.17) is 9.68 Å². The van der Waals surface area contributed by atoms with Crippen LogP contribution in [0.4, 0.5) is 5.69 Å². The van der Waals surface area contributed by atoms with Gasteiger partial charge < -0.3 is 9.73 Å². The zero-order valence-electron chi connectivity index (χ0n) is 14.8. The number of thioether (sulfide) groups is 1. The molecule has 1 amide bonds. The number of hydrogen-bond acceptors (Lipinski definition) is 5. The van der Waals surface area contributed by atoms with Gasteiger partial charge in [-0.25, -0.2) is 4.79 Å². The van der Waals surface area contributed by atoms with Crippen molar-refractivity contribution in [1.82, 2.24) is 0 Å². The minimum atomic E-state index is -0.390. The van der Waals surface area contributed by atoms with Crippen LogP contribution in [0.5, 0.6) is 0 Å². The van der Waals surface area contributed by atoms with E-state index in [2.05, 4.69) is 11.4 Å². The molecule has 5 nitrogen and oxygen atoms in total. The van der Waals surface area contributed by atoms with Gasteiger partial charge in [-0.2, -0.15) is 5.26 Å². The predicted molar refractivity (Wildman–Crippen MR) is 108 cm³/mol. The summed E-state index contributed by atoms with van der Waals surface area (Å²) in [6.07, 6.45) is 0.864. The molecule has 0 unspecified atom stereocenters. The summed E-state index contributed by atoms with van der Waals surface area (Å²) in [6.45, 7) is 2.04. The molecule has 27 heavy (non-hydrogen) atoms. The molecule has 0 aliphatic carbocycles. The van der Waals surface area contributed by atoms with Gasteiger partial charge in [0.25, 0.3) is 0 Å². The van der Waals surface area contributed by atoms with E-state index in [-0.39, 0.29) is 11.7 Å². The number of anilines is 1. The standard InChI is InChI=1S/C21H18N2O3S/c1-2-14-7-8-17-16(10-21(25)26-19(17)9-14)12-27-13-20(24)23-18-6-4-3-5-15(18)11-22/h3-10H,2,12-13H2,1H3,(H,23,24). The molecule has 0 radical (unpaired) electrons. The van der Waals surface area contributed by atoms with Crippen LogP contribution >= 0.6 is 11.8 Å². The second-order valence-corrected chi connectivity index (χ2v) is 6.96. The zero-order chi connectivity index (χ0) is 19.2. The van der Waals surface area contributed by atoms with E-state index in [9.17, 15) is 9.59 Å². The summed E-state index contributed by atoms with van der Waals surface area (Å²) in [5.41, 5.74) is 3.06.